The van der Waals surface area contributed by atoms with Gasteiger partial charge in [0.1, 0.15) is 0 Å². The highest BCUT2D eigenvalue weighted by Gasteiger charge is 2.37. The predicted octanol–water partition coefficient (Wildman–Crippen LogP) is 3.70. The van der Waals surface area contributed by atoms with E-state index in [2.05, 4.69) is 0 Å². The van der Waals surface area contributed by atoms with Crippen molar-refractivity contribution in [2.24, 2.45) is 0 Å². The zero-order valence-electron chi connectivity index (χ0n) is 13.0. The Balaban J connectivity index is 1.64. The van der Waals surface area contributed by atoms with Gasteiger partial charge in [0.2, 0.25) is 0 Å². The molecule has 0 bridgehead atoms. The van der Waals surface area contributed by atoms with Gasteiger partial charge >= 0.3 is 0 Å². The fourth-order valence-electron chi connectivity index (χ4n) is 3.58. The quantitative estimate of drug-likeness (QED) is 0.501. The second kappa shape index (κ2) is 4.74. The van der Waals surface area contributed by atoms with Crippen LogP contribution in [0.15, 0.2) is 66.7 Å². The summed E-state index contributed by atoms with van der Waals surface area (Å²) < 4.78 is 0. The topological polar surface area (TPSA) is 54.5 Å². The number of carbonyl (C=O) groups is 3. The van der Waals surface area contributed by atoms with Gasteiger partial charge < -0.3 is 0 Å². The number of imide groups is 1. The summed E-state index contributed by atoms with van der Waals surface area (Å²) in [5.74, 6) is -0.795. The van der Waals surface area contributed by atoms with Crippen molar-refractivity contribution < 1.29 is 14.4 Å². The predicted molar refractivity (Wildman–Crippen MR) is 92.9 cm³/mol. The van der Waals surface area contributed by atoms with Crippen LogP contribution in [-0.4, -0.2) is 17.6 Å². The number of amides is 2. The lowest BCUT2D eigenvalue weighted by Crippen LogP contribution is -2.29. The monoisotopic (exact) mass is 325 g/mol. The van der Waals surface area contributed by atoms with Crippen LogP contribution in [0.2, 0.25) is 0 Å². The third-order valence-electron chi connectivity index (χ3n) is 4.76. The second-order valence-electron chi connectivity index (χ2n) is 6.10. The first kappa shape index (κ1) is 13.9. The lowest BCUT2D eigenvalue weighted by Gasteiger charge is -2.15. The molecule has 0 radical (unpaired) electrons. The molecule has 0 fully saturated rings. The Kier molecular flexibility index (Phi) is 2.63. The molecule has 4 nitrogen and oxygen atoms in total. The minimum absolute atomic E-state index is 0.0796. The first-order chi connectivity index (χ1) is 12.2. The molecule has 0 aromatic heterocycles. The number of carbonyl (C=O) groups excluding carboxylic acids is 3. The number of rotatable bonds is 1. The minimum atomic E-state index is -0.358. The van der Waals surface area contributed by atoms with Gasteiger partial charge in [-0.3, -0.25) is 14.4 Å². The van der Waals surface area contributed by atoms with Crippen molar-refractivity contribution in [2.75, 3.05) is 4.90 Å². The molecule has 0 saturated carbocycles. The van der Waals surface area contributed by atoms with Gasteiger partial charge in [-0.25, -0.2) is 4.90 Å². The maximum atomic E-state index is 12.6. The number of anilines is 1. The van der Waals surface area contributed by atoms with Gasteiger partial charge in [-0.1, -0.05) is 42.5 Å². The molecule has 1 aliphatic heterocycles. The maximum Gasteiger partial charge on any atom is 0.266 e. The van der Waals surface area contributed by atoms with Crippen LogP contribution in [0, 0.1) is 0 Å². The summed E-state index contributed by atoms with van der Waals surface area (Å²) in [6.45, 7) is 0. The third-order valence-corrected chi connectivity index (χ3v) is 4.76. The van der Waals surface area contributed by atoms with E-state index >= 15 is 0 Å². The average Bonchev–Trinajstić information content (AvgIpc) is 3.08. The molecule has 0 N–H and O–H groups in total. The molecule has 0 spiro atoms. The second-order valence-corrected chi connectivity index (χ2v) is 6.10. The molecule has 118 valence electrons. The maximum absolute atomic E-state index is 12.6. The highest BCUT2D eigenvalue weighted by Crippen LogP contribution is 2.39. The SMILES string of the molecule is O=C1c2ccccc2-c2ccc(N3C(=O)c4ccccc4C3=O)cc21. The Bertz CT molecular complexity index is 1080. The van der Waals surface area contributed by atoms with E-state index in [-0.39, 0.29) is 17.6 Å². The van der Waals surface area contributed by atoms with E-state index in [1.807, 2.05) is 18.2 Å². The van der Waals surface area contributed by atoms with Crippen molar-refractivity contribution in [1.82, 2.24) is 0 Å². The summed E-state index contributed by atoms with van der Waals surface area (Å²) in [5, 5.41) is 0. The Hall–Kier alpha value is -3.53. The molecule has 4 heteroatoms. The Morgan fingerprint density at radius 3 is 1.68 bits per heavy atom. The van der Waals surface area contributed by atoms with E-state index in [0.29, 0.717) is 27.9 Å². The van der Waals surface area contributed by atoms with Gasteiger partial charge in [0.25, 0.3) is 11.8 Å². The number of nitrogens with zero attached hydrogens (tertiary/aromatic N) is 1. The van der Waals surface area contributed by atoms with Crippen LogP contribution < -0.4 is 4.90 Å². The first-order valence-electron chi connectivity index (χ1n) is 7.93. The van der Waals surface area contributed by atoms with Crippen molar-refractivity contribution in [3.63, 3.8) is 0 Å². The van der Waals surface area contributed by atoms with E-state index in [1.165, 1.54) is 0 Å². The van der Waals surface area contributed by atoms with E-state index in [1.54, 1.807) is 48.5 Å². The number of hydrogen-bond acceptors (Lipinski definition) is 3. The first-order valence-corrected chi connectivity index (χ1v) is 7.93. The van der Waals surface area contributed by atoms with Crippen LogP contribution in [0.4, 0.5) is 5.69 Å². The molecule has 3 aromatic rings. The van der Waals surface area contributed by atoms with Crippen molar-refractivity contribution in [3.8, 4) is 11.1 Å². The molecule has 3 aromatic carbocycles. The zero-order valence-corrected chi connectivity index (χ0v) is 13.0. The van der Waals surface area contributed by atoms with E-state index in [4.69, 9.17) is 0 Å². The number of ketones is 1. The standard InChI is InChI=1S/C21H11NO3/c23-19-15-6-2-1-5-13(15)14-10-9-12(11-18(14)19)22-20(24)16-7-3-4-8-17(16)21(22)25/h1-11H. The molecule has 0 saturated heterocycles. The van der Waals surface area contributed by atoms with Gasteiger partial charge in [0.15, 0.2) is 5.78 Å². The smallest absolute Gasteiger partial charge is 0.266 e. The van der Waals surface area contributed by atoms with Gasteiger partial charge in [0, 0.05) is 11.1 Å². The summed E-state index contributed by atoms with van der Waals surface area (Å²) in [7, 11) is 0. The van der Waals surface area contributed by atoms with Crippen LogP contribution in [0.25, 0.3) is 11.1 Å². The van der Waals surface area contributed by atoms with Crippen molar-refractivity contribution in [2.45, 2.75) is 0 Å². The third kappa shape index (κ3) is 1.73. The average molecular weight is 325 g/mol. The van der Waals surface area contributed by atoms with Crippen molar-refractivity contribution in [3.05, 3.63) is 89.0 Å². The molecular formula is C21H11NO3. The molecule has 5 rings (SSSR count). The van der Waals surface area contributed by atoms with Gasteiger partial charge in [0.05, 0.1) is 16.8 Å². The van der Waals surface area contributed by atoms with Gasteiger partial charge in [-0.05, 0) is 35.4 Å². The van der Waals surface area contributed by atoms with Crippen LogP contribution in [0.1, 0.15) is 36.6 Å². The van der Waals surface area contributed by atoms with Crippen LogP contribution >= 0.6 is 0 Å². The Morgan fingerprint density at radius 2 is 1.04 bits per heavy atom. The van der Waals surface area contributed by atoms with Crippen LogP contribution in [0.5, 0.6) is 0 Å². The lowest BCUT2D eigenvalue weighted by molar-refractivity contribution is 0.0924. The highest BCUT2D eigenvalue weighted by atomic mass is 16.2. The van der Waals surface area contributed by atoms with Crippen molar-refractivity contribution >= 4 is 23.3 Å². The fraction of sp³-hybridized carbons (Fsp3) is 0. The fourth-order valence-corrected chi connectivity index (χ4v) is 3.58. The molecule has 2 amide bonds. The Morgan fingerprint density at radius 1 is 0.520 bits per heavy atom. The molecular weight excluding hydrogens is 314 g/mol. The number of fused-ring (bicyclic) bond motifs is 4. The van der Waals surface area contributed by atoms with E-state index < -0.39 is 0 Å². The van der Waals surface area contributed by atoms with Crippen molar-refractivity contribution in [1.29, 1.82) is 0 Å². The molecule has 1 heterocycles. The largest absolute Gasteiger partial charge is 0.289 e. The minimum Gasteiger partial charge on any atom is -0.289 e. The normalized spacial score (nSPS) is 14.6. The molecule has 2 aliphatic rings. The lowest BCUT2D eigenvalue weighted by atomic mass is 10.1. The van der Waals surface area contributed by atoms with Gasteiger partial charge in [-0.2, -0.15) is 0 Å². The van der Waals surface area contributed by atoms with Gasteiger partial charge in [-0.15, -0.1) is 0 Å². The van der Waals surface area contributed by atoms with E-state index in [9.17, 15) is 14.4 Å². The van der Waals surface area contributed by atoms with Crippen LogP contribution in [-0.2, 0) is 0 Å². The number of hydrogen-bond donors (Lipinski definition) is 0. The molecule has 1 aliphatic carbocycles. The summed E-state index contributed by atoms with van der Waals surface area (Å²) in [6.07, 6.45) is 0. The summed E-state index contributed by atoms with van der Waals surface area (Å²) in [6, 6.07) is 19.3. The molecule has 0 atom stereocenters. The molecule has 0 unspecified atom stereocenters. The van der Waals surface area contributed by atoms with Crippen LogP contribution in [0.3, 0.4) is 0 Å². The highest BCUT2D eigenvalue weighted by molar-refractivity contribution is 6.35. The summed E-state index contributed by atoms with van der Waals surface area (Å²) >= 11 is 0. The summed E-state index contributed by atoms with van der Waals surface area (Å²) in [4.78, 5) is 39.0. The Labute approximate surface area is 143 Å². The number of benzene rings is 3. The molecule has 25 heavy (non-hydrogen) atoms. The van der Waals surface area contributed by atoms with E-state index in [0.717, 1.165) is 16.0 Å². The zero-order chi connectivity index (χ0) is 17.1. The summed E-state index contributed by atoms with van der Waals surface area (Å²) in [5.41, 5.74) is 4.10.